The maximum atomic E-state index is 13.6. The monoisotopic (exact) mass is 327 g/mol. The predicted molar refractivity (Wildman–Crippen MR) is 79.3 cm³/mol. The van der Waals surface area contributed by atoms with E-state index in [2.05, 4.69) is 9.97 Å². The quantitative estimate of drug-likeness (QED) is 0.666. The first-order chi connectivity index (χ1) is 10.0. The normalized spacial score (nSPS) is 13.0. The summed E-state index contributed by atoms with van der Waals surface area (Å²) in [5.41, 5.74) is 1.20. The molecule has 0 bridgehead atoms. The molecule has 1 aromatic carbocycles. The van der Waals surface area contributed by atoms with E-state index in [1.807, 2.05) is 18.4 Å². The number of oxazole rings is 1. The standard InChI is InChI=1S/C14H12Cl2FN3O/c1-7-6-18-14(21-7)8(2)20-12-3-9(16)10(17)4-11(12)19-13(20)5-15/h3-4,6,8H,5H2,1-2H3. The third kappa shape index (κ3) is 2.40. The molecule has 1 unspecified atom stereocenters. The van der Waals surface area contributed by atoms with Gasteiger partial charge >= 0.3 is 0 Å². The number of nitrogens with zero attached hydrogens (tertiary/aromatic N) is 3. The smallest absolute Gasteiger partial charge is 0.217 e. The molecule has 3 aromatic rings. The third-order valence-electron chi connectivity index (χ3n) is 3.31. The van der Waals surface area contributed by atoms with Gasteiger partial charge in [0.25, 0.3) is 0 Å². The predicted octanol–water partition coefficient (Wildman–Crippen LogP) is 4.47. The number of halogens is 3. The molecule has 0 spiro atoms. The molecule has 0 aliphatic carbocycles. The first kappa shape index (κ1) is 14.4. The maximum absolute atomic E-state index is 13.6. The van der Waals surface area contributed by atoms with Crippen LogP contribution in [0.5, 0.6) is 0 Å². The van der Waals surface area contributed by atoms with Gasteiger partial charge in [0.2, 0.25) is 5.89 Å². The third-order valence-corrected chi connectivity index (χ3v) is 3.84. The van der Waals surface area contributed by atoms with Crippen molar-refractivity contribution in [3.8, 4) is 0 Å². The van der Waals surface area contributed by atoms with Crippen LogP contribution in [0.25, 0.3) is 11.0 Å². The first-order valence-electron chi connectivity index (χ1n) is 6.35. The van der Waals surface area contributed by atoms with E-state index in [0.717, 1.165) is 5.76 Å². The first-order valence-corrected chi connectivity index (χ1v) is 7.26. The van der Waals surface area contributed by atoms with Crippen LogP contribution < -0.4 is 0 Å². The fourth-order valence-corrected chi connectivity index (χ4v) is 2.69. The second kappa shape index (κ2) is 5.31. The number of fused-ring (bicyclic) bond motifs is 1. The summed E-state index contributed by atoms with van der Waals surface area (Å²) in [5, 5.41) is 0.0422. The minimum Gasteiger partial charge on any atom is -0.444 e. The van der Waals surface area contributed by atoms with E-state index in [1.54, 1.807) is 12.3 Å². The van der Waals surface area contributed by atoms with E-state index in [4.69, 9.17) is 27.6 Å². The molecule has 1 atom stereocenters. The van der Waals surface area contributed by atoms with Crippen LogP contribution in [-0.2, 0) is 5.88 Å². The number of hydrogen-bond donors (Lipinski definition) is 0. The van der Waals surface area contributed by atoms with Crippen molar-refractivity contribution in [2.45, 2.75) is 25.8 Å². The van der Waals surface area contributed by atoms with Crippen molar-refractivity contribution in [3.05, 3.63) is 46.6 Å². The molecule has 21 heavy (non-hydrogen) atoms. The van der Waals surface area contributed by atoms with Crippen molar-refractivity contribution < 1.29 is 8.81 Å². The second-order valence-electron chi connectivity index (χ2n) is 4.77. The molecular weight excluding hydrogens is 316 g/mol. The van der Waals surface area contributed by atoms with Gasteiger partial charge in [-0.25, -0.2) is 14.4 Å². The van der Waals surface area contributed by atoms with Gasteiger partial charge in [-0.1, -0.05) is 11.6 Å². The minimum absolute atomic E-state index is 0.0422. The number of alkyl halides is 1. The number of aryl methyl sites for hydroxylation is 1. The average molecular weight is 328 g/mol. The van der Waals surface area contributed by atoms with E-state index in [-0.39, 0.29) is 16.9 Å². The number of hydrogen-bond acceptors (Lipinski definition) is 3. The summed E-state index contributed by atoms with van der Waals surface area (Å²) in [6.45, 7) is 3.74. The Morgan fingerprint density at radius 2 is 2.19 bits per heavy atom. The van der Waals surface area contributed by atoms with E-state index >= 15 is 0 Å². The highest BCUT2D eigenvalue weighted by Gasteiger charge is 2.21. The van der Waals surface area contributed by atoms with Crippen molar-refractivity contribution in [2.24, 2.45) is 0 Å². The summed E-state index contributed by atoms with van der Waals surface area (Å²) in [6, 6.07) is 2.62. The van der Waals surface area contributed by atoms with Gasteiger partial charge in [0.1, 0.15) is 23.4 Å². The number of imidazole rings is 1. The molecule has 0 aliphatic heterocycles. The van der Waals surface area contributed by atoms with Crippen LogP contribution in [0.2, 0.25) is 5.02 Å². The van der Waals surface area contributed by atoms with E-state index in [9.17, 15) is 4.39 Å². The summed E-state index contributed by atoms with van der Waals surface area (Å²) >= 11 is 11.8. The lowest BCUT2D eigenvalue weighted by Crippen LogP contribution is -2.10. The van der Waals surface area contributed by atoms with Crippen molar-refractivity contribution in [3.63, 3.8) is 0 Å². The van der Waals surface area contributed by atoms with Crippen molar-refractivity contribution >= 4 is 34.2 Å². The second-order valence-corrected chi connectivity index (χ2v) is 5.45. The highest BCUT2D eigenvalue weighted by atomic mass is 35.5. The fourth-order valence-electron chi connectivity index (χ4n) is 2.34. The molecule has 7 heteroatoms. The molecule has 0 aliphatic rings. The van der Waals surface area contributed by atoms with Gasteiger partial charge in [0.15, 0.2) is 0 Å². The lowest BCUT2D eigenvalue weighted by atomic mass is 10.2. The van der Waals surface area contributed by atoms with Crippen LogP contribution >= 0.6 is 23.2 Å². The molecule has 0 saturated carbocycles. The van der Waals surface area contributed by atoms with Crippen LogP contribution in [0.4, 0.5) is 4.39 Å². The molecule has 0 fully saturated rings. The zero-order chi connectivity index (χ0) is 15.1. The molecule has 2 heterocycles. The Morgan fingerprint density at radius 1 is 1.43 bits per heavy atom. The maximum Gasteiger partial charge on any atom is 0.217 e. The number of aromatic nitrogens is 3. The van der Waals surface area contributed by atoms with Crippen LogP contribution in [0.3, 0.4) is 0 Å². The lowest BCUT2D eigenvalue weighted by molar-refractivity contribution is 0.415. The highest BCUT2D eigenvalue weighted by Crippen LogP contribution is 2.29. The minimum atomic E-state index is -0.505. The Morgan fingerprint density at radius 3 is 2.81 bits per heavy atom. The zero-order valence-corrected chi connectivity index (χ0v) is 12.9. The van der Waals surface area contributed by atoms with E-state index in [0.29, 0.717) is 22.7 Å². The van der Waals surface area contributed by atoms with Gasteiger partial charge in [0, 0.05) is 6.07 Å². The molecular formula is C14H12Cl2FN3O. The fraction of sp³-hybridized carbons (Fsp3) is 0.286. The summed E-state index contributed by atoms with van der Waals surface area (Å²) in [4.78, 5) is 8.58. The molecule has 0 radical (unpaired) electrons. The Hall–Kier alpha value is -1.59. The Balaban J connectivity index is 2.22. The molecule has 0 N–H and O–H groups in total. The van der Waals surface area contributed by atoms with Crippen LogP contribution in [0, 0.1) is 12.7 Å². The largest absolute Gasteiger partial charge is 0.444 e. The zero-order valence-electron chi connectivity index (χ0n) is 11.4. The van der Waals surface area contributed by atoms with Crippen molar-refractivity contribution in [1.82, 2.24) is 14.5 Å². The van der Waals surface area contributed by atoms with Gasteiger partial charge < -0.3 is 8.98 Å². The van der Waals surface area contributed by atoms with Gasteiger partial charge in [-0.05, 0) is 19.9 Å². The summed E-state index contributed by atoms with van der Waals surface area (Å²) < 4.78 is 21.0. The van der Waals surface area contributed by atoms with Gasteiger partial charge in [-0.2, -0.15) is 0 Å². The lowest BCUT2D eigenvalue weighted by Gasteiger charge is -2.13. The van der Waals surface area contributed by atoms with Gasteiger partial charge in [-0.15, -0.1) is 11.6 Å². The molecule has 4 nitrogen and oxygen atoms in total. The average Bonchev–Trinajstić information content (AvgIpc) is 3.02. The molecule has 3 rings (SSSR count). The number of benzene rings is 1. The van der Waals surface area contributed by atoms with Gasteiger partial charge in [0.05, 0.1) is 28.1 Å². The molecule has 0 amide bonds. The van der Waals surface area contributed by atoms with Crippen LogP contribution in [-0.4, -0.2) is 14.5 Å². The summed E-state index contributed by atoms with van der Waals surface area (Å²) in [6.07, 6.45) is 1.65. The van der Waals surface area contributed by atoms with Crippen LogP contribution in [0.15, 0.2) is 22.7 Å². The van der Waals surface area contributed by atoms with E-state index in [1.165, 1.54) is 6.07 Å². The Kier molecular flexibility index (Phi) is 3.63. The molecule has 2 aromatic heterocycles. The molecule has 0 saturated heterocycles. The van der Waals surface area contributed by atoms with E-state index < -0.39 is 5.82 Å². The van der Waals surface area contributed by atoms with Gasteiger partial charge in [-0.3, -0.25) is 0 Å². The summed E-state index contributed by atoms with van der Waals surface area (Å²) in [5.74, 6) is 1.56. The van der Waals surface area contributed by atoms with Crippen molar-refractivity contribution in [1.29, 1.82) is 0 Å². The topological polar surface area (TPSA) is 43.9 Å². The number of rotatable bonds is 3. The van der Waals surface area contributed by atoms with Crippen LogP contribution in [0.1, 0.15) is 30.4 Å². The SMILES string of the molecule is Cc1cnc(C(C)n2c(CCl)nc3cc(F)c(Cl)cc32)o1. The highest BCUT2D eigenvalue weighted by molar-refractivity contribution is 6.31. The Bertz CT molecular complexity index is 812. The Labute approximate surface area is 130 Å². The van der Waals surface area contributed by atoms with Crippen molar-refractivity contribution in [2.75, 3.05) is 0 Å². The molecule has 110 valence electrons. The summed E-state index contributed by atoms with van der Waals surface area (Å²) in [7, 11) is 0.